The Morgan fingerprint density at radius 2 is 2.07 bits per heavy atom. The zero-order chi connectivity index (χ0) is 19.5. The lowest BCUT2D eigenvalue weighted by Gasteiger charge is -2.23. The molecule has 1 atom stereocenters. The second-order valence-corrected chi connectivity index (χ2v) is 7.86. The molecule has 146 valence electrons. The molecule has 0 aliphatic carbocycles. The van der Waals surface area contributed by atoms with Crippen molar-refractivity contribution >= 4 is 32.6 Å². The summed E-state index contributed by atoms with van der Waals surface area (Å²) < 4.78 is 33.7. The Bertz CT molecular complexity index is 971. The van der Waals surface area contributed by atoms with Gasteiger partial charge in [0.15, 0.2) is 10.9 Å². The first-order valence-corrected chi connectivity index (χ1v) is 10.1. The summed E-state index contributed by atoms with van der Waals surface area (Å²) in [7, 11) is 0. The molecule has 1 unspecified atom stereocenters. The molecule has 2 aromatic carbocycles. The number of benzene rings is 2. The lowest BCUT2D eigenvalue weighted by Crippen LogP contribution is -2.37. The van der Waals surface area contributed by atoms with Crippen LogP contribution in [0.15, 0.2) is 42.5 Å². The molecule has 7 heteroatoms. The Balaban J connectivity index is 1.59. The van der Waals surface area contributed by atoms with Crippen LogP contribution in [0.25, 0.3) is 10.2 Å². The summed E-state index contributed by atoms with van der Waals surface area (Å²) in [5.74, 6) is -1.47. The van der Waals surface area contributed by atoms with E-state index in [1.54, 1.807) is 4.90 Å². The predicted molar refractivity (Wildman–Crippen MR) is 106 cm³/mol. The molecule has 2 heterocycles. The maximum absolute atomic E-state index is 14.1. The van der Waals surface area contributed by atoms with Crippen molar-refractivity contribution in [3.05, 3.63) is 59.7 Å². The highest BCUT2D eigenvalue weighted by Gasteiger charge is 2.26. The van der Waals surface area contributed by atoms with Crippen molar-refractivity contribution in [2.45, 2.75) is 31.8 Å². The number of aryl methyl sites for hydroxylation is 1. The van der Waals surface area contributed by atoms with Gasteiger partial charge in [0.2, 0.25) is 5.91 Å². The molecule has 4 rings (SSSR count). The van der Waals surface area contributed by atoms with Crippen LogP contribution in [0.2, 0.25) is 0 Å². The molecule has 1 saturated heterocycles. The van der Waals surface area contributed by atoms with E-state index in [4.69, 9.17) is 4.74 Å². The third-order valence-electron chi connectivity index (χ3n) is 4.81. The summed E-state index contributed by atoms with van der Waals surface area (Å²) in [4.78, 5) is 18.9. The van der Waals surface area contributed by atoms with Crippen molar-refractivity contribution in [2.24, 2.45) is 0 Å². The lowest BCUT2D eigenvalue weighted by atomic mass is 10.1. The van der Waals surface area contributed by atoms with Crippen LogP contribution in [0.5, 0.6) is 0 Å². The highest BCUT2D eigenvalue weighted by atomic mass is 32.1. The van der Waals surface area contributed by atoms with Gasteiger partial charge in [-0.1, -0.05) is 41.7 Å². The Morgan fingerprint density at radius 1 is 1.25 bits per heavy atom. The maximum atomic E-state index is 14.1. The lowest BCUT2D eigenvalue weighted by molar-refractivity contribution is -0.119. The summed E-state index contributed by atoms with van der Waals surface area (Å²) in [6.07, 6.45) is 2.68. The maximum Gasteiger partial charge on any atom is 0.229 e. The quantitative estimate of drug-likeness (QED) is 0.599. The summed E-state index contributed by atoms with van der Waals surface area (Å²) in [6, 6.07) is 11.8. The molecule has 0 spiro atoms. The van der Waals surface area contributed by atoms with Crippen LogP contribution in [0.1, 0.15) is 24.8 Å². The summed E-state index contributed by atoms with van der Waals surface area (Å²) >= 11 is 1.13. The van der Waals surface area contributed by atoms with E-state index in [2.05, 4.69) is 4.98 Å². The van der Waals surface area contributed by atoms with Gasteiger partial charge in [-0.3, -0.25) is 9.69 Å². The molecule has 0 radical (unpaired) electrons. The first-order chi connectivity index (χ1) is 13.6. The molecule has 1 fully saturated rings. The number of carbonyl (C=O) groups excluding carboxylic acids is 1. The molecule has 1 aliphatic rings. The Labute approximate surface area is 165 Å². The first kappa shape index (κ1) is 19.0. The van der Waals surface area contributed by atoms with E-state index < -0.39 is 11.6 Å². The van der Waals surface area contributed by atoms with Crippen LogP contribution >= 0.6 is 11.3 Å². The number of rotatable bonds is 6. The average molecular weight is 402 g/mol. The number of thiazole rings is 1. The Morgan fingerprint density at radius 3 is 2.82 bits per heavy atom. The number of anilines is 1. The number of hydrogen-bond acceptors (Lipinski definition) is 4. The number of amides is 1. The van der Waals surface area contributed by atoms with Crippen LogP contribution in [-0.2, 0) is 16.0 Å². The van der Waals surface area contributed by atoms with Crippen molar-refractivity contribution in [3.63, 3.8) is 0 Å². The van der Waals surface area contributed by atoms with E-state index in [-0.39, 0.29) is 17.5 Å². The van der Waals surface area contributed by atoms with Gasteiger partial charge in [-0.25, -0.2) is 13.8 Å². The molecule has 1 aromatic heterocycles. The fourth-order valence-corrected chi connectivity index (χ4v) is 4.40. The molecule has 1 amide bonds. The summed E-state index contributed by atoms with van der Waals surface area (Å²) in [5, 5.41) is 0.382. The summed E-state index contributed by atoms with van der Waals surface area (Å²) in [5.41, 5.74) is 1.17. The molecule has 0 N–H and O–H groups in total. The number of carbonyl (C=O) groups is 1. The minimum Gasteiger partial charge on any atom is -0.376 e. The number of hydrogen-bond donors (Lipinski definition) is 0. The van der Waals surface area contributed by atoms with E-state index in [0.717, 1.165) is 35.8 Å². The molecule has 4 nitrogen and oxygen atoms in total. The smallest absolute Gasteiger partial charge is 0.229 e. The third kappa shape index (κ3) is 4.20. The van der Waals surface area contributed by atoms with Gasteiger partial charge in [0, 0.05) is 19.1 Å². The second kappa shape index (κ2) is 8.32. The highest BCUT2D eigenvalue weighted by molar-refractivity contribution is 7.22. The largest absolute Gasteiger partial charge is 0.376 e. The molecule has 0 saturated carbocycles. The Kier molecular flexibility index (Phi) is 5.64. The van der Waals surface area contributed by atoms with E-state index in [9.17, 15) is 13.6 Å². The van der Waals surface area contributed by atoms with Crippen molar-refractivity contribution in [1.29, 1.82) is 0 Å². The normalized spacial score (nSPS) is 16.6. The fourth-order valence-electron chi connectivity index (χ4n) is 3.37. The van der Waals surface area contributed by atoms with Crippen LogP contribution < -0.4 is 4.90 Å². The van der Waals surface area contributed by atoms with Gasteiger partial charge in [0.1, 0.15) is 11.3 Å². The van der Waals surface area contributed by atoms with E-state index in [1.807, 2.05) is 30.3 Å². The van der Waals surface area contributed by atoms with Gasteiger partial charge in [-0.15, -0.1) is 0 Å². The van der Waals surface area contributed by atoms with Gasteiger partial charge in [0.05, 0.1) is 17.3 Å². The minimum absolute atomic E-state index is 0.0609. The van der Waals surface area contributed by atoms with E-state index in [0.29, 0.717) is 35.8 Å². The number of aromatic nitrogens is 1. The fraction of sp³-hybridized carbons (Fsp3) is 0.333. The standard InChI is InChI=1S/C21H20F2N2O2S/c22-15-11-17(23)20-18(12-15)28-21(24-20)25(13-16-7-4-10-27-16)19(26)9-8-14-5-2-1-3-6-14/h1-3,5-6,11-12,16H,4,7-10,13H2. The molecule has 0 bridgehead atoms. The molecule has 1 aliphatic heterocycles. The average Bonchev–Trinajstić information content (AvgIpc) is 3.34. The summed E-state index contributed by atoms with van der Waals surface area (Å²) in [6.45, 7) is 1.05. The minimum atomic E-state index is -0.716. The highest BCUT2D eigenvalue weighted by Crippen LogP contribution is 2.32. The van der Waals surface area contributed by atoms with E-state index in [1.165, 1.54) is 6.07 Å². The second-order valence-electron chi connectivity index (χ2n) is 6.86. The van der Waals surface area contributed by atoms with Crippen molar-refractivity contribution in [1.82, 2.24) is 4.98 Å². The van der Waals surface area contributed by atoms with Crippen molar-refractivity contribution < 1.29 is 18.3 Å². The van der Waals surface area contributed by atoms with Crippen LogP contribution in [-0.4, -0.2) is 30.1 Å². The number of nitrogens with zero attached hydrogens (tertiary/aromatic N) is 2. The van der Waals surface area contributed by atoms with Crippen LogP contribution in [0.3, 0.4) is 0 Å². The topological polar surface area (TPSA) is 42.4 Å². The molecule has 28 heavy (non-hydrogen) atoms. The van der Waals surface area contributed by atoms with Gasteiger partial charge in [-0.05, 0) is 30.9 Å². The molecular weight excluding hydrogens is 382 g/mol. The monoisotopic (exact) mass is 402 g/mol. The van der Waals surface area contributed by atoms with Crippen LogP contribution in [0.4, 0.5) is 13.9 Å². The Hall–Kier alpha value is -2.38. The van der Waals surface area contributed by atoms with Gasteiger partial charge < -0.3 is 4.74 Å². The number of ether oxygens (including phenoxy) is 1. The van der Waals surface area contributed by atoms with E-state index >= 15 is 0 Å². The molecular formula is C21H20F2N2O2S. The zero-order valence-corrected chi connectivity index (χ0v) is 16.1. The van der Waals surface area contributed by atoms with Crippen molar-refractivity contribution in [2.75, 3.05) is 18.1 Å². The first-order valence-electron chi connectivity index (χ1n) is 9.31. The van der Waals surface area contributed by atoms with Gasteiger partial charge >= 0.3 is 0 Å². The molecule has 3 aromatic rings. The number of halogens is 2. The zero-order valence-electron chi connectivity index (χ0n) is 15.2. The van der Waals surface area contributed by atoms with Crippen molar-refractivity contribution in [3.8, 4) is 0 Å². The number of fused-ring (bicyclic) bond motifs is 1. The van der Waals surface area contributed by atoms with Crippen LogP contribution in [0, 0.1) is 11.6 Å². The van der Waals surface area contributed by atoms with Gasteiger partial charge in [0.25, 0.3) is 0 Å². The SMILES string of the molecule is O=C(CCc1ccccc1)N(CC1CCCO1)c1nc2c(F)cc(F)cc2s1. The predicted octanol–water partition coefficient (Wildman–Crippen LogP) is 4.72. The third-order valence-corrected chi connectivity index (χ3v) is 5.84. The van der Waals surface area contributed by atoms with Gasteiger partial charge in [-0.2, -0.15) is 0 Å².